The number of hydrogen-bond acceptors (Lipinski definition) is 10. The van der Waals surface area contributed by atoms with Crippen LogP contribution in [-0.2, 0) is 38.2 Å². The second kappa shape index (κ2) is 42.7. The summed E-state index contributed by atoms with van der Waals surface area (Å²) in [6, 6.07) is 0. The Hall–Kier alpha value is -3.45. The first-order chi connectivity index (χ1) is 63.4. The molecule has 17 rings (SSSR count). The van der Waals surface area contributed by atoms with Crippen molar-refractivity contribution in [2.24, 2.45) is 169 Å². The normalized spacial score (nSPS) is 41.8. The van der Waals surface area contributed by atoms with E-state index in [1.54, 1.807) is 29.2 Å². The Morgan fingerprint density at radius 1 is 0.435 bits per heavy atom. The number of carboxylic acids is 1. The van der Waals surface area contributed by atoms with Gasteiger partial charge in [0.05, 0.1) is 19.8 Å². The van der Waals surface area contributed by atoms with Crippen LogP contribution >= 0.6 is 0 Å². The summed E-state index contributed by atoms with van der Waals surface area (Å²) in [5.41, 5.74) is 17.0. The van der Waals surface area contributed by atoms with Crippen molar-refractivity contribution >= 4 is 52.9 Å². The quantitative estimate of drug-likeness (QED) is 0.0347. The van der Waals surface area contributed by atoms with Gasteiger partial charge in [-0.05, 0) is 424 Å². The summed E-state index contributed by atoms with van der Waals surface area (Å²) < 4.78 is 9.80. The third-order valence-electron chi connectivity index (χ3n) is 47.8. The van der Waals surface area contributed by atoms with Crippen molar-refractivity contribution in [3.05, 3.63) is 92.2 Å². The van der Waals surface area contributed by atoms with Crippen LogP contribution in [0.15, 0.2) is 92.2 Å². The molecule has 0 aromatic rings. The van der Waals surface area contributed by atoms with Gasteiger partial charge in [0.1, 0.15) is 23.6 Å². The first-order valence-corrected chi connectivity index (χ1v) is 56.2. The summed E-state index contributed by atoms with van der Waals surface area (Å²) >= 11 is 0. The maximum Gasteiger partial charge on any atom is 1.00 e. The molecule has 0 amide bonds. The predicted octanol–water partition coefficient (Wildman–Crippen LogP) is 27.4. The van der Waals surface area contributed by atoms with Crippen LogP contribution in [0.4, 0.5) is 0 Å². The van der Waals surface area contributed by atoms with E-state index in [-0.39, 0.29) is 110 Å². The summed E-state index contributed by atoms with van der Waals surface area (Å²) in [7, 11) is 1.45. The zero-order chi connectivity index (χ0) is 100. The standard InChI is InChI=1S/C31H48O3.C30H46O3.C30H50O2.C30H46O2.C4H8O.Al.Li.4H/c1-20(10-9-11-21(2)27(33)34-8)22-14-18-31(7)24-12-13-25-28(3,4)26(32)16-17-29(25,5)23(24)15-19-30(22,31)6;1-19(9-8-10-20(2)26(32)33)21-13-17-30(7)23-11-12-24-27(3,4)25(31)15-16-28(24,5)22(23)14-18-29(21,30)6;2*1-20(19-31)9-8-10-21(2)22-13-17-30(7)24-11-12-25-27(3,4)26(32)15-16-28(25,5)23(24)14-18-29(22,30)6;1-2-4-5-3-1;;;;;;/h11-12,20,22-23,25H,9-10,13-19H2,1-8H3;10-11,19,21-22,24H,8-9,12-18H2,1-7H3,(H,32,33);9,21-22,25-26,31-32H,8,10-19H2,1-7H3;9,19,21-22,25H,8,10-18H2,1-7H3;1-4H2;;;;;;/q;;;;;;+1;;;;-1/b21-11-;20-10-;2*20-9-;;;;;;;/t20?,22-,23?,25?,29+,30-,31+;19?,21-,22?,24?,28+,29-,30+;21?,22-,25?,26?,28+,29-,30+;21?,22-,25?,28+,29-,30+;;;;;;;/m0000......./s1. The number of fused-ring (bicyclic) bond motifs is 18. The molecule has 772 valence electrons. The van der Waals surface area contributed by atoms with E-state index in [1.165, 1.54) is 168 Å². The number of aliphatic hydroxyl groups is 2. The van der Waals surface area contributed by atoms with Gasteiger partial charge in [0.15, 0.2) is 17.4 Å². The third kappa shape index (κ3) is 19.4. The van der Waals surface area contributed by atoms with E-state index in [0.717, 1.165) is 156 Å². The third-order valence-corrected chi connectivity index (χ3v) is 47.8. The van der Waals surface area contributed by atoms with Gasteiger partial charge in [-0.1, -0.05) is 242 Å². The van der Waals surface area contributed by atoms with Gasteiger partial charge >= 0.3 is 30.8 Å². The van der Waals surface area contributed by atoms with E-state index in [9.17, 15) is 39.0 Å². The number of carbonyl (C=O) groups is 6. The minimum Gasteiger partial charge on any atom is -1.00 e. The van der Waals surface area contributed by atoms with Crippen LogP contribution in [0.25, 0.3) is 0 Å². The predicted molar refractivity (Wildman–Crippen MR) is 570 cm³/mol. The SMILES string of the molecule is C/C(=C/CCC(C)[C@@H]1CC[C@]2(C)C3=C(CC[C@@]12C)[C@@]1(C)CCC(O)C(C)(C)C1CC3)CO.C/C(=C/CCC(C)[C@@H]1CC[C@]2(C)C3=CCC4C(C)(C)C(=O)CC[C@]4(C)C3CC[C@@]12C)C(=O)O.C/C(C=O)=C/CCC(C)[C@@H]1CC[C@]2(C)C3=C(CC[C@@]12C)[C@@]1(C)CCC(=O)C(C)(C)C1CC3.C1CCOC1.COC(=O)/C(C)=C\CCC(C)[C@@H]1CC[C@]2(C)C3=CCC4C(C)(C)C(=O)CC[C@]4(C)C3CC[C@@]12C.[AlH3].[H-].[Li+]. The monoisotopic (exact) mass is 1910 g/mol. The Bertz CT molecular complexity index is 4700. The fourth-order valence-corrected chi connectivity index (χ4v) is 38.1. The molecule has 0 aromatic carbocycles. The van der Waals surface area contributed by atoms with Crippen molar-refractivity contribution in [2.45, 2.75) is 457 Å². The van der Waals surface area contributed by atoms with Crippen LogP contribution in [0.3, 0.4) is 0 Å². The van der Waals surface area contributed by atoms with Crippen LogP contribution in [0.2, 0.25) is 0 Å². The zero-order valence-corrected chi connectivity index (χ0v) is 93.2. The van der Waals surface area contributed by atoms with E-state index >= 15 is 0 Å². The molecule has 3 N–H and O–H groups in total. The van der Waals surface area contributed by atoms with Crippen LogP contribution < -0.4 is 18.9 Å². The zero-order valence-electron chi connectivity index (χ0n) is 94.2. The molecule has 0 bridgehead atoms. The van der Waals surface area contributed by atoms with Gasteiger partial charge in [0.2, 0.25) is 0 Å². The number of carboxylic acid groups (broad SMARTS) is 1. The molecule has 11 nitrogen and oxygen atoms in total. The van der Waals surface area contributed by atoms with E-state index in [0.29, 0.717) is 115 Å². The Labute approximate surface area is 866 Å². The molecule has 17 aliphatic rings. The van der Waals surface area contributed by atoms with Gasteiger partial charge in [-0.25, -0.2) is 9.59 Å². The topological polar surface area (TPSA) is 182 Å². The number of ether oxygens (including phenoxy) is 2. The van der Waals surface area contributed by atoms with E-state index in [2.05, 4.69) is 197 Å². The average molecular weight is 1910 g/mol. The summed E-state index contributed by atoms with van der Waals surface area (Å²) in [5.74, 6) is 9.40. The second-order valence-corrected chi connectivity index (χ2v) is 54.8. The first kappa shape index (κ1) is 115. The number of allylic oxidation sites excluding steroid dienone is 13. The maximum atomic E-state index is 12.8. The average Bonchev–Trinajstić information content (AvgIpc) is 1.47. The number of hydrogen-bond donors (Lipinski definition) is 3. The number of rotatable bonds is 20. The van der Waals surface area contributed by atoms with Crippen molar-refractivity contribution in [3.8, 4) is 0 Å². The molecule has 27 atom stereocenters. The molecule has 0 aromatic heterocycles. The molecule has 11 fully saturated rings. The summed E-state index contributed by atoms with van der Waals surface area (Å²) in [6.45, 7) is 68.4. The second-order valence-electron chi connectivity index (χ2n) is 54.8. The van der Waals surface area contributed by atoms with Gasteiger partial charge in [-0.15, -0.1) is 0 Å². The van der Waals surface area contributed by atoms with Gasteiger partial charge in [-0.2, -0.15) is 0 Å². The Balaban J connectivity index is 0.000000186. The molecular formula is C125H202AlLiO11. The van der Waals surface area contributed by atoms with Crippen LogP contribution in [-0.4, -0.2) is 101 Å². The Morgan fingerprint density at radius 2 is 0.797 bits per heavy atom. The fourth-order valence-electron chi connectivity index (χ4n) is 38.1. The van der Waals surface area contributed by atoms with Crippen molar-refractivity contribution in [1.29, 1.82) is 0 Å². The molecule has 1 aliphatic heterocycles. The number of aldehydes is 1. The van der Waals surface area contributed by atoms with Gasteiger partial charge in [0, 0.05) is 59.9 Å². The van der Waals surface area contributed by atoms with Gasteiger partial charge < -0.3 is 26.2 Å². The van der Waals surface area contributed by atoms with Crippen LogP contribution in [0, 0.1) is 169 Å². The smallest absolute Gasteiger partial charge is 1.00 e. The molecule has 10 saturated carbocycles. The van der Waals surface area contributed by atoms with Crippen molar-refractivity contribution in [3.63, 3.8) is 0 Å². The number of aliphatic hydroxyl groups excluding tert-OH is 2. The molecule has 16 aliphatic carbocycles. The minimum absolute atomic E-state index is 0. The molecule has 0 radical (unpaired) electrons. The fraction of sp³-hybridized carbons (Fsp3) is 0.824. The van der Waals surface area contributed by atoms with E-state index in [1.807, 2.05) is 38.0 Å². The first-order valence-electron chi connectivity index (χ1n) is 56.2. The van der Waals surface area contributed by atoms with Crippen molar-refractivity contribution < 1.29 is 73.8 Å². The molecule has 138 heavy (non-hydrogen) atoms. The molecule has 1 heterocycles. The largest absolute Gasteiger partial charge is 1.00 e. The van der Waals surface area contributed by atoms with Crippen molar-refractivity contribution in [2.75, 3.05) is 26.9 Å². The van der Waals surface area contributed by atoms with Crippen molar-refractivity contribution in [1.82, 2.24) is 0 Å². The molecule has 13 heteroatoms. The number of methoxy groups -OCH3 is 1. The number of Topliss-reactive ketones (excluding diaryl/α,β-unsaturated/α-hetero) is 3. The van der Waals surface area contributed by atoms with Gasteiger partial charge in [-0.3, -0.25) is 19.2 Å². The summed E-state index contributed by atoms with van der Waals surface area (Å²) in [6.07, 6.45) is 61.0. The molecule has 1 saturated heterocycles. The molecule has 11 unspecified atom stereocenters. The number of ketones is 3. The number of carbonyl (C=O) groups excluding carboxylic acids is 5. The van der Waals surface area contributed by atoms with Gasteiger partial charge in [0.25, 0.3) is 0 Å². The minimum atomic E-state index is -0.801. The summed E-state index contributed by atoms with van der Waals surface area (Å²) in [4.78, 5) is 72.2. The Kier molecular flexibility index (Phi) is 35.5. The summed E-state index contributed by atoms with van der Waals surface area (Å²) in [5, 5.41) is 29.3. The van der Waals surface area contributed by atoms with Crippen LogP contribution in [0.1, 0.15) is 452 Å². The van der Waals surface area contributed by atoms with E-state index in [4.69, 9.17) is 14.6 Å². The number of esters is 1. The Morgan fingerprint density at radius 3 is 1.18 bits per heavy atom. The van der Waals surface area contributed by atoms with E-state index < -0.39 is 5.97 Å². The maximum absolute atomic E-state index is 12.8. The van der Waals surface area contributed by atoms with Crippen LogP contribution in [0.5, 0.6) is 0 Å². The molecular weight excluding hydrogens is 1710 g/mol. The molecule has 0 spiro atoms. The number of aliphatic carboxylic acids is 1.